The first-order chi connectivity index (χ1) is 14.7. The monoisotopic (exact) mass is 402 g/mol. The van der Waals surface area contributed by atoms with Crippen molar-refractivity contribution in [1.82, 2.24) is 29.9 Å². The summed E-state index contributed by atoms with van der Waals surface area (Å²) < 4.78 is 1.87. The second kappa shape index (κ2) is 7.60. The lowest BCUT2D eigenvalue weighted by molar-refractivity contribution is 0.0955. The number of rotatable bonds is 7. The van der Waals surface area contributed by atoms with E-state index in [2.05, 4.69) is 25.8 Å². The molecule has 0 spiro atoms. The van der Waals surface area contributed by atoms with Gasteiger partial charge in [0.1, 0.15) is 5.65 Å². The second-order valence-electron chi connectivity index (χ2n) is 7.35. The number of hydrogen-bond donors (Lipinski definition) is 4. The summed E-state index contributed by atoms with van der Waals surface area (Å²) in [6.45, 7) is 0.830. The summed E-state index contributed by atoms with van der Waals surface area (Å²) in [5.41, 5.74) is 9.46. The van der Waals surface area contributed by atoms with Crippen LogP contribution in [0.4, 0.5) is 11.8 Å². The zero-order valence-electron chi connectivity index (χ0n) is 16.3. The van der Waals surface area contributed by atoms with E-state index in [9.17, 15) is 4.79 Å². The summed E-state index contributed by atoms with van der Waals surface area (Å²) >= 11 is 0. The van der Waals surface area contributed by atoms with Gasteiger partial charge in [0.15, 0.2) is 5.82 Å². The molecule has 9 heteroatoms. The molecule has 9 nitrogen and oxygen atoms in total. The molecule has 0 saturated heterocycles. The maximum atomic E-state index is 12.3. The van der Waals surface area contributed by atoms with Gasteiger partial charge in [-0.2, -0.15) is 5.10 Å². The lowest BCUT2D eigenvalue weighted by Crippen LogP contribution is -2.28. The highest BCUT2D eigenvalue weighted by molar-refractivity contribution is 5.95. The van der Waals surface area contributed by atoms with E-state index in [0.29, 0.717) is 42.0 Å². The van der Waals surface area contributed by atoms with Gasteiger partial charge in [-0.25, -0.2) is 9.97 Å². The van der Waals surface area contributed by atoms with Gasteiger partial charge in [0, 0.05) is 60.4 Å². The fraction of sp³-hybridized carbons (Fsp3) is 0.238. The van der Waals surface area contributed by atoms with Crippen molar-refractivity contribution in [2.45, 2.75) is 18.8 Å². The first-order valence-corrected chi connectivity index (χ1v) is 9.96. The third-order valence-electron chi connectivity index (χ3n) is 5.09. The van der Waals surface area contributed by atoms with Gasteiger partial charge < -0.3 is 16.4 Å². The number of nitrogens with two attached hydrogens (primary N) is 1. The van der Waals surface area contributed by atoms with E-state index in [1.165, 1.54) is 12.8 Å². The average Bonchev–Trinajstić information content (AvgIpc) is 3.32. The van der Waals surface area contributed by atoms with Crippen LogP contribution in [0.1, 0.15) is 34.8 Å². The number of hydrogen-bond acceptors (Lipinski definition) is 6. The summed E-state index contributed by atoms with van der Waals surface area (Å²) in [6, 6.07) is 11.3. The van der Waals surface area contributed by atoms with Crippen LogP contribution in [0, 0.1) is 0 Å². The molecule has 0 aliphatic heterocycles. The van der Waals surface area contributed by atoms with E-state index in [1.54, 1.807) is 12.3 Å². The Morgan fingerprint density at radius 1 is 1.27 bits per heavy atom. The van der Waals surface area contributed by atoms with Crippen LogP contribution in [-0.4, -0.2) is 43.6 Å². The molecule has 1 aliphatic rings. The van der Waals surface area contributed by atoms with Crippen molar-refractivity contribution in [3.8, 4) is 11.3 Å². The third-order valence-corrected chi connectivity index (χ3v) is 5.09. The van der Waals surface area contributed by atoms with Crippen LogP contribution in [0.15, 0.2) is 48.8 Å². The molecule has 5 rings (SSSR count). The van der Waals surface area contributed by atoms with Crippen molar-refractivity contribution in [1.29, 1.82) is 0 Å². The minimum absolute atomic E-state index is 0.160. The Bertz CT molecular complexity index is 1210. The molecule has 5 N–H and O–H groups in total. The Morgan fingerprint density at radius 2 is 2.17 bits per heavy atom. The summed E-state index contributed by atoms with van der Waals surface area (Å²) in [5.74, 6) is 1.75. The summed E-state index contributed by atoms with van der Waals surface area (Å²) in [6.07, 6.45) is 5.98. The van der Waals surface area contributed by atoms with Crippen LogP contribution in [0.5, 0.6) is 0 Å². The Kier molecular flexibility index (Phi) is 4.64. The van der Waals surface area contributed by atoms with Crippen molar-refractivity contribution >= 4 is 23.3 Å². The van der Waals surface area contributed by atoms with Crippen molar-refractivity contribution in [3.63, 3.8) is 0 Å². The molecule has 3 aromatic heterocycles. The van der Waals surface area contributed by atoms with Crippen LogP contribution in [-0.2, 0) is 0 Å². The Balaban J connectivity index is 1.48. The summed E-state index contributed by atoms with van der Waals surface area (Å²) in [4.78, 5) is 21.5. The molecule has 30 heavy (non-hydrogen) atoms. The van der Waals surface area contributed by atoms with Crippen molar-refractivity contribution < 1.29 is 4.79 Å². The number of nitrogens with one attached hydrogen (secondary N) is 3. The first-order valence-electron chi connectivity index (χ1n) is 9.96. The zero-order valence-corrected chi connectivity index (χ0v) is 16.3. The molecule has 0 radical (unpaired) electrons. The number of benzene rings is 1. The molecular formula is C21H22N8O. The zero-order chi connectivity index (χ0) is 20.5. The molecular weight excluding hydrogens is 380 g/mol. The van der Waals surface area contributed by atoms with Crippen molar-refractivity contribution in [2.24, 2.45) is 5.73 Å². The number of H-pyrrole nitrogens is 1. The molecule has 1 aliphatic carbocycles. The van der Waals surface area contributed by atoms with Gasteiger partial charge in [0.2, 0.25) is 5.95 Å². The molecule has 0 unspecified atom stereocenters. The number of aromatic nitrogens is 5. The fourth-order valence-corrected chi connectivity index (χ4v) is 3.39. The number of aromatic amines is 1. The number of fused-ring (bicyclic) bond motifs is 1. The number of imidazole rings is 1. The van der Waals surface area contributed by atoms with Crippen LogP contribution < -0.4 is 16.4 Å². The predicted octanol–water partition coefficient (Wildman–Crippen LogP) is 2.43. The minimum Gasteiger partial charge on any atom is -0.351 e. The highest BCUT2D eigenvalue weighted by Crippen LogP contribution is 2.39. The van der Waals surface area contributed by atoms with Gasteiger partial charge in [0.25, 0.3) is 5.91 Å². The quantitative estimate of drug-likeness (QED) is 0.376. The van der Waals surface area contributed by atoms with Gasteiger partial charge >= 0.3 is 0 Å². The van der Waals surface area contributed by atoms with Crippen LogP contribution >= 0.6 is 0 Å². The van der Waals surface area contributed by atoms with Gasteiger partial charge in [-0.1, -0.05) is 12.1 Å². The molecule has 0 atom stereocenters. The first kappa shape index (κ1) is 18.3. The van der Waals surface area contributed by atoms with E-state index in [1.807, 2.05) is 40.9 Å². The average molecular weight is 402 g/mol. The fourth-order valence-electron chi connectivity index (χ4n) is 3.39. The highest BCUT2D eigenvalue weighted by atomic mass is 16.1. The van der Waals surface area contributed by atoms with Crippen molar-refractivity contribution in [2.75, 3.05) is 18.4 Å². The molecule has 0 bridgehead atoms. The lowest BCUT2D eigenvalue weighted by Gasteiger charge is -2.10. The molecule has 152 valence electrons. The molecule has 4 aromatic rings. The third kappa shape index (κ3) is 3.62. The standard InChI is InChI=1S/C21H22N8O/c22-6-7-24-20(30)15-3-1-2-14(10-15)16-12-19-23-8-9-29(19)21(25-16)26-18-11-17(27-28-18)13-4-5-13/h1-3,8-13H,4-7,22H2,(H,24,30)(H2,25,26,27,28). The summed E-state index contributed by atoms with van der Waals surface area (Å²) in [7, 11) is 0. The number of carbonyl (C=O) groups excluding carboxylic acids is 1. The minimum atomic E-state index is -0.160. The molecule has 3 heterocycles. The van der Waals surface area contributed by atoms with Crippen LogP contribution in [0.3, 0.4) is 0 Å². The van der Waals surface area contributed by atoms with Crippen LogP contribution in [0.2, 0.25) is 0 Å². The Labute approximate surface area is 172 Å². The molecule has 1 fully saturated rings. The van der Waals surface area contributed by atoms with Gasteiger partial charge in [-0.3, -0.25) is 14.3 Å². The van der Waals surface area contributed by atoms with Crippen molar-refractivity contribution in [3.05, 3.63) is 60.0 Å². The maximum absolute atomic E-state index is 12.3. The smallest absolute Gasteiger partial charge is 0.251 e. The van der Waals surface area contributed by atoms with E-state index < -0.39 is 0 Å². The van der Waals surface area contributed by atoms with Gasteiger partial charge in [-0.05, 0) is 25.0 Å². The maximum Gasteiger partial charge on any atom is 0.251 e. The molecule has 1 amide bonds. The van der Waals surface area contributed by atoms with Gasteiger partial charge in [-0.15, -0.1) is 0 Å². The normalized spacial score (nSPS) is 13.5. The SMILES string of the molecule is NCCNC(=O)c1cccc(-c2cc3nccn3c(Nc3cc(C4CC4)[nH]n3)n2)c1. The topological polar surface area (TPSA) is 126 Å². The second-order valence-corrected chi connectivity index (χ2v) is 7.35. The van der Waals surface area contributed by atoms with E-state index in [-0.39, 0.29) is 5.91 Å². The van der Waals surface area contributed by atoms with E-state index >= 15 is 0 Å². The number of nitrogens with zero attached hydrogens (tertiary/aromatic N) is 4. The lowest BCUT2D eigenvalue weighted by atomic mass is 10.1. The Hall–Kier alpha value is -3.72. The number of amides is 1. The highest BCUT2D eigenvalue weighted by Gasteiger charge is 2.25. The predicted molar refractivity (Wildman–Crippen MR) is 114 cm³/mol. The van der Waals surface area contributed by atoms with E-state index in [0.717, 1.165) is 16.9 Å². The molecule has 1 saturated carbocycles. The number of anilines is 2. The molecule has 1 aromatic carbocycles. The Morgan fingerprint density at radius 3 is 3.00 bits per heavy atom. The van der Waals surface area contributed by atoms with Crippen LogP contribution in [0.25, 0.3) is 16.9 Å². The number of carbonyl (C=O) groups is 1. The summed E-state index contributed by atoms with van der Waals surface area (Å²) in [5, 5.41) is 13.5. The largest absolute Gasteiger partial charge is 0.351 e. The van der Waals surface area contributed by atoms with Gasteiger partial charge in [0.05, 0.1) is 5.69 Å². The van der Waals surface area contributed by atoms with E-state index in [4.69, 9.17) is 10.7 Å².